The SMILES string of the molecule is CCOC(=O)c1sc(N(CC)CCOC)c(C#N)c1N. The van der Waals surface area contributed by atoms with Crippen molar-refractivity contribution in [2.45, 2.75) is 13.8 Å². The molecular formula is C13H19N3O3S. The fourth-order valence-corrected chi connectivity index (χ4v) is 2.87. The average Bonchev–Trinajstić information content (AvgIpc) is 2.77. The van der Waals surface area contributed by atoms with Crippen LogP contribution in [0.5, 0.6) is 0 Å². The third-order valence-electron chi connectivity index (χ3n) is 2.73. The largest absolute Gasteiger partial charge is 0.462 e. The van der Waals surface area contributed by atoms with Crippen LogP contribution in [0.3, 0.4) is 0 Å². The summed E-state index contributed by atoms with van der Waals surface area (Å²) >= 11 is 1.19. The lowest BCUT2D eigenvalue weighted by molar-refractivity contribution is 0.0533. The predicted octanol–water partition coefficient (Wildman–Crippen LogP) is 1.85. The zero-order valence-electron chi connectivity index (χ0n) is 11.9. The van der Waals surface area contributed by atoms with Gasteiger partial charge in [-0.1, -0.05) is 0 Å². The monoisotopic (exact) mass is 297 g/mol. The molecule has 0 spiro atoms. The van der Waals surface area contributed by atoms with Crippen molar-refractivity contribution in [3.05, 3.63) is 10.4 Å². The van der Waals surface area contributed by atoms with Gasteiger partial charge in [0.25, 0.3) is 0 Å². The van der Waals surface area contributed by atoms with Crippen molar-refractivity contribution in [2.75, 3.05) is 44.0 Å². The van der Waals surface area contributed by atoms with E-state index in [9.17, 15) is 10.1 Å². The van der Waals surface area contributed by atoms with Gasteiger partial charge < -0.3 is 20.1 Å². The number of ether oxygens (including phenoxy) is 2. The first-order valence-electron chi connectivity index (χ1n) is 6.33. The number of nitrogen functional groups attached to an aromatic ring is 1. The summed E-state index contributed by atoms with van der Waals surface area (Å²) in [5, 5.41) is 9.95. The Hall–Kier alpha value is -1.78. The summed E-state index contributed by atoms with van der Waals surface area (Å²) in [4.78, 5) is 14.1. The summed E-state index contributed by atoms with van der Waals surface area (Å²) in [6.45, 7) is 5.82. The second-order valence-corrected chi connectivity index (χ2v) is 4.93. The van der Waals surface area contributed by atoms with Gasteiger partial charge in [0, 0.05) is 20.2 Å². The fraction of sp³-hybridized carbons (Fsp3) is 0.538. The summed E-state index contributed by atoms with van der Waals surface area (Å²) in [7, 11) is 1.62. The zero-order valence-corrected chi connectivity index (χ0v) is 12.7. The Morgan fingerprint density at radius 3 is 2.70 bits per heavy atom. The van der Waals surface area contributed by atoms with Crippen molar-refractivity contribution in [3.8, 4) is 6.07 Å². The predicted molar refractivity (Wildman–Crippen MR) is 79.2 cm³/mol. The average molecular weight is 297 g/mol. The number of thiophene rings is 1. The molecule has 1 aromatic heterocycles. The lowest BCUT2D eigenvalue weighted by Crippen LogP contribution is -2.26. The van der Waals surface area contributed by atoms with E-state index in [-0.39, 0.29) is 17.2 Å². The van der Waals surface area contributed by atoms with Gasteiger partial charge in [-0.2, -0.15) is 5.26 Å². The minimum Gasteiger partial charge on any atom is -0.462 e. The summed E-state index contributed by atoms with van der Waals surface area (Å²) in [6, 6.07) is 2.07. The Labute approximate surface area is 122 Å². The summed E-state index contributed by atoms with van der Waals surface area (Å²) in [5.74, 6) is -0.486. The molecule has 0 aliphatic rings. The van der Waals surface area contributed by atoms with Crippen LogP contribution in [0.4, 0.5) is 10.7 Å². The third-order valence-corrected chi connectivity index (χ3v) is 3.98. The van der Waals surface area contributed by atoms with Gasteiger partial charge in [-0.25, -0.2) is 4.79 Å². The van der Waals surface area contributed by atoms with Crippen LogP contribution in [0.1, 0.15) is 29.1 Å². The zero-order chi connectivity index (χ0) is 15.1. The van der Waals surface area contributed by atoms with Crippen LogP contribution < -0.4 is 10.6 Å². The molecule has 0 aliphatic heterocycles. The highest BCUT2D eigenvalue weighted by molar-refractivity contribution is 7.18. The highest BCUT2D eigenvalue weighted by atomic mass is 32.1. The molecule has 2 N–H and O–H groups in total. The van der Waals surface area contributed by atoms with Crippen LogP contribution >= 0.6 is 11.3 Å². The van der Waals surface area contributed by atoms with E-state index in [0.29, 0.717) is 30.3 Å². The van der Waals surface area contributed by atoms with Gasteiger partial charge in [0.2, 0.25) is 0 Å². The minimum absolute atomic E-state index is 0.196. The topological polar surface area (TPSA) is 88.6 Å². The minimum atomic E-state index is -0.486. The molecule has 0 aromatic carbocycles. The first-order valence-corrected chi connectivity index (χ1v) is 7.15. The maximum absolute atomic E-state index is 11.8. The molecule has 0 saturated carbocycles. The van der Waals surface area contributed by atoms with E-state index in [0.717, 1.165) is 0 Å². The number of esters is 1. The highest BCUT2D eigenvalue weighted by Crippen LogP contribution is 2.38. The standard InChI is InChI=1S/C13H19N3O3S/c1-4-16(6-7-18-3)12-9(8-14)10(15)11(20-12)13(17)19-5-2/h4-7,15H2,1-3H3. The van der Waals surface area contributed by atoms with Gasteiger partial charge in [0.05, 0.1) is 18.9 Å². The normalized spacial score (nSPS) is 10.1. The molecular weight excluding hydrogens is 278 g/mol. The van der Waals surface area contributed by atoms with Crippen molar-refractivity contribution in [1.29, 1.82) is 5.26 Å². The molecule has 0 aliphatic carbocycles. The Balaban J connectivity index is 3.16. The van der Waals surface area contributed by atoms with Crippen molar-refractivity contribution in [3.63, 3.8) is 0 Å². The number of rotatable bonds is 7. The molecule has 1 heterocycles. The van der Waals surface area contributed by atoms with Crippen molar-refractivity contribution in [1.82, 2.24) is 0 Å². The van der Waals surface area contributed by atoms with E-state index < -0.39 is 5.97 Å². The molecule has 0 fully saturated rings. The Morgan fingerprint density at radius 1 is 1.50 bits per heavy atom. The van der Waals surface area contributed by atoms with Crippen LogP contribution in [0.2, 0.25) is 0 Å². The number of nitrogens with zero attached hydrogens (tertiary/aromatic N) is 2. The van der Waals surface area contributed by atoms with E-state index in [2.05, 4.69) is 6.07 Å². The number of anilines is 2. The summed E-state index contributed by atoms with van der Waals surface area (Å²) in [6.07, 6.45) is 0. The van der Waals surface area contributed by atoms with Crippen LogP contribution in [0.25, 0.3) is 0 Å². The first-order chi connectivity index (χ1) is 9.60. The quantitative estimate of drug-likeness (QED) is 0.773. The van der Waals surface area contributed by atoms with Gasteiger partial charge >= 0.3 is 5.97 Å². The van der Waals surface area contributed by atoms with E-state index >= 15 is 0 Å². The number of carbonyl (C=O) groups excluding carboxylic acids is 1. The summed E-state index contributed by atoms with van der Waals surface area (Å²) < 4.78 is 10.0. The Morgan fingerprint density at radius 2 is 2.20 bits per heavy atom. The molecule has 1 aromatic rings. The van der Waals surface area contributed by atoms with E-state index in [1.165, 1.54) is 11.3 Å². The number of likely N-dealkylation sites (N-methyl/N-ethyl adjacent to an activating group) is 1. The molecule has 110 valence electrons. The van der Waals surface area contributed by atoms with Crippen molar-refractivity contribution in [2.24, 2.45) is 0 Å². The molecule has 6 nitrogen and oxygen atoms in total. The van der Waals surface area contributed by atoms with Crippen molar-refractivity contribution >= 4 is 28.0 Å². The van der Waals surface area contributed by atoms with Gasteiger partial charge in [0.1, 0.15) is 21.5 Å². The number of carbonyl (C=O) groups is 1. The number of nitrogens with two attached hydrogens (primary N) is 1. The Bertz CT molecular complexity index is 508. The lowest BCUT2D eigenvalue weighted by atomic mass is 10.2. The van der Waals surface area contributed by atoms with E-state index in [1.807, 2.05) is 11.8 Å². The summed E-state index contributed by atoms with van der Waals surface area (Å²) in [5.41, 5.74) is 6.42. The van der Waals surface area contributed by atoms with Crippen molar-refractivity contribution < 1.29 is 14.3 Å². The molecule has 0 radical (unpaired) electrons. The molecule has 0 unspecified atom stereocenters. The number of methoxy groups -OCH3 is 1. The molecule has 20 heavy (non-hydrogen) atoms. The molecule has 1 rings (SSSR count). The molecule has 0 atom stereocenters. The number of hydrogen-bond donors (Lipinski definition) is 1. The van der Waals surface area contributed by atoms with Gasteiger partial charge in [-0.3, -0.25) is 0 Å². The maximum atomic E-state index is 11.8. The fourth-order valence-electron chi connectivity index (χ4n) is 1.72. The second-order valence-electron chi connectivity index (χ2n) is 3.93. The van der Waals surface area contributed by atoms with Gasteiger partial charge in [-0.15, -0.1) is 11.3 Å². The van der Waals surface area contributed by atoms with Gasteiger partial charge in [-0.05, 0) is 13.8 Å². The molecule has 7 heteroatoms. The number of hydrogen-bond acceptors (Lipinski definition) is 7. The second kappa shape index (κ2) is 7.72. The number of nitriles is 1. The van der Waals surface area contributed by atoms with Crippen LogP contribution in [0.15, 0.2) is 0 Å². The smallest absolute Gasteiger partial charge is 0.350 e. The first kappa shape index (κ1) is 16.3. The third kappa shape index (κ3) is 3.40. The molecule has 0 amide bonds. The van der Waals surface area contributed by atoms with Crippen LogP contribution in [-0.4, -0.2) is 39.4 Å². The van der Waals surface area contributed by atoms with E-state index in [4.69, 9.17) is 15.2 Å². The molecule has 0 saturated heterocycles. The molecule has 0 bridgehead atoms. The lowest BCUT2D eigenvalue weighted by Gasteiger charge is -2.20. The Kier molecular flexibility index (Phi) is 6.28. The van der Waals surface area contributed by atoms with Crippen LogP contribution in [0, 0.1) is 11.3 Å². The maximum Gasteiger partial charge on any atom is 0.350 e. The van der Waals surface area contributed by atoms with Gasteiger partial charge in [0.15, 0.2) is 0 Å². The van der Waals surface area contributed by atoms with Crippen LogP contribution in [-0.2, 0) is 9.47 Å². The van der Waals surface area contributed by atoms with E-state index in [1.54, 1.807) is 14.0 Å². The highest BCUT2D eigenvalue weighted by Gasteiger charge is 2.24.